The molecule has 1 aromatic heterocycles. The minimum absolute atomic E-state index is 0.0970. The number of carbonyl (C=O) groups is 1. The van der Waals surface area contributed by atoms with Gasteiger partial charge in [0.25, 0.3) is 0 Å². The second kappa shape index (κ2) is 11.4. The number of carbonyl (C=O) groups excluding carboxylic acids is 1. The van der Waals surface area contributed by atoms with E-state index < -0.39 is 19.3 Å². The molecule has 0 aliphatic heterocycles. The lowest BCUT2D eigenvalue weighted by Gasteiger charge is -2.21. The van der Waals surface area contributed by atoms with Crippen LogP contribution in [0, 0.1) is 0 Å². The summed E-state index contributed by atoms with van der Waals surface area (Å²) in [5.74, 6) is -0.689. The number of thioether (sulfide) groups is 1. The molecule has 0 aliphatic carbocycles. The maximum absolute atomic E-state index is 12.2. The normalized spacial score (nSPS) is 14.2. The predicted molar refractivity (Wildman–Crippen MR) is 134 cm³/mol. The molecule has 2 unspecified atom stereocenters. The molecule has 8 nitrogen and oxygen atoms in total. The highest BCUT2D eigenvalue weighted by Crippen LogP contribution is 2.47. The Balaban J connectivity index is 1.69. The van der Waals surface area contributed by atoms with Crippen LogP contribution in [0.1, 0.15) is 25.8 Å². The fraction of sp³-hybridized carbons (Fsp3) is 0.261. The first-order valence-corrected chi connectivity index (χ1v) is 13.4. The van der Waals surface area contributed by atoms with Crippen LogP contribution in [0.3, 0.4) is 0 Å². The summed E-state index contributed by atoms with van der Waals surface area (Å²) in [7, 11) is -3.90. The van der Waals surface area contributed by atoms with Crippen molar-refractivity contribution in [2.45, 2.75) is 31.2 Å². The van der Waals surface area contributed by atoms with Gasteiger partial charge in [-0.3, -0.25) is 9.36 Å². The minimum atomic E-state index is -3.90. The van der Waals surface area contributed by atoms with Gasteiger partial charge in [0.2, 0.25) is 5.91 Å². The van der Waals surface area contributed by atoms with Crippen LogP contribution < -0.4 is 10.6 Å². The number of aromatic nitrogens is 2. The maximum atomic E-state index is 12.2. The van der Waals surface area contributed by atoms with Gasteiger partial charge in [-0.1, -0.05) is 43.0 Å². The van der Waals surface area contributed by atoms with E-state index >= 15 is 0 Å². The molecule has 33 heavy (non-hydrogen) atoms. The molecular formula is C23H27N4O4PS. The summed E-state index contributed by atoms with van der Waals surface area (Å²) in [5.41, 5.74) is 2.52. The molecule has 0 bridgehead atoms. The quantitative estimate of drug-likeness (QED) is 0.155. The van der Waals surface area contributed by atoms with Crippen molar-refractivity contribution in [3.8, 4) is 0 Å². The molecule has 2 aromatic carbocycles. The Kier molecular flexibility index (Phi) is 8.63. The van der Waals surface area contributed by atoms with Crippen molar-refractivity contribution in [3.63, 3.8) is 0 Å². The van der Waals surface area contributed by atoms with Crippen LogP contribution in [-0.2, 0) is 13.9 Å². The summed E-state index contributed by atoms with van der Waals surface area (Å²) in [4.78, 5) is 31.3. The zero-order valence-electron chi connectivity index (χ0n) is 18.7. The second-order valence-electron chi connectivity index (χ2n) is 7.07. The third-order valence-electron chi connectivity index (χ3n) is 4.77. The standard InChI is InChI=1S/C23H27N4O4PS/c1-4-21(32(29,30)31-5-2)26-20(28)15-12-16-10-13-17(14-11-16)24-22-18-8-6-7-9-19(18)25-23(27-22)33-3/h6-15,21H,4-5H2,1-3H3,(H,26,28)(H,29,30)(H,24,25,27)/b15-12+. The van der Waals surface area contributed by atoms with Crippen LogP contribution in [0.4, 0.5) is 11.5 Å². The number of rotatable bonds is 10. The summed E-state index contributed by atoms with van der Waals surface area (Å²) >= 11 is 1.48. The van der Waals surface area contributed by atoms with E-state index in [-0.39, 0.29) is 13.0 Å². The van der Waals surface area contributed by atoms with Crippen LogP contribution in [-0.4, -0.2) is 39.4 Å². The van der Waals surface area contributed by atoms with E-state index in [1.165, 1.54) is 17.8 Å². The molecule has 0 fully saturated rings. The van der Waals surface area contributed by atoms with Crippen molar-refractivity contribution in [1.29, 1.82) is 0 Å². The number of anilines is 2. The lowest BCUT2D eigenvalue weighted by molar-refractivity contribution is -0.116. The first-order chi connectivity index (χ1) is 15.9. The first kappa shape index (κ1) is 24.9. The zero-order valence-corrected chi connectivity index (χ0v) is 20.4. The fourth-order valence-electron chi connectivity index (χ4n) is 3.13. The fourth-order valence-corrected chi connectivity index (χ4v) is 4.80. The van der Waals surface area contributed by atoms with E-state index in [9.17, 15) is 14.3 Å². The van der Waals surface area contributed by atoms with Gasteiger partial charge in [-0.25, -0.2) is 9.97 Å². The number of amides is 1. The molecule has 0 spiro atoms. The Labute approximate surface area is 197 Å². The van der Waals surface area contributed by atoms with Crippen LogP contribution in [0.5, 0.6) is 0 Å². The maximum Gasteiger partial charge on any atom is 0.350 e. The third kappa shape index (κ3) is 6.65. The number of hydrogen-bond acceptors (Lipinski definition) is 7. The minimum Gasteiger partial charge on any atom is -0.340 e. The number of hydrogen-bond donors (Lipinski definition) is 3. The van der Waals surface area contributed by atoms with E-state index in [1.807, 2.05) is 54.8 Å². The van der Waals surface area contributed by atoms with E-state index in [4.69, 9.17) is 4.52 Å². The lowest BCUT2D eigenvalue weighted by Crippen LogP contribution is -2.33. The van der Waals surface area contributed by atoms with Crippen molar-refractivity contribution in [3.05, 3.63) is 60.2 Å². The van der Waals surface area contributed by atoms with Gasteiger partial charge in [-0.2, -0.15) is 0 Å². The molecule has 1 heterocycles. The Morgan fingerprint density at radius 2 is 1.91 bits per heavy atom. The highest BCUT2D eigenvalue weighted by molar-refractivity contribution is 7.98. The molecule has 0 saturated carbocycles. The molecule has 3 aromatic rings. The number of fused-ring (bicyclic) bond motifs is 1. The molecule has 1 amide bonds. The van der Waals surface area contributed by atoms with Gasteiger partial charge in [0.05, 0.1) is 12.1 Å². The predicted octanol–water partition coefficient (Wildman–Crippen LogP) is 5.18. The van der Waals surface area contributed by atoms with E-state index in [0.717, 1.165) is 28.0 Å². The molecule has 10 heteroatoms. The smallest absolute Gasteiger partial charge is 0.340 e. The van der Waals surface area contributed by atoms with Gasteiger partial charge in [-0.15, -0.1) is 0 Å². The Morgan fingerprint density at radius 1 is 1.18 bits per heavy atom. The molecule has 0 aliphatic rings. The molecule has 3 rings (SSSR count). The summed E-state index contributed by atoms with van der Waals surface area (Å²) < 4.78 is 17.0. The van der Waals surface area contributed by atoms with Crippen molar-refractivity contribution in [2.24, 2.45) is 0 Å². The van der Waals surface area contributed by atoms with Crippen molar-refractivity contribution < 1.29 is 18.8 Å². The Bertz CT molecular complexity index is 1190. The van der Waals surface area contributed by atoms with Gasteiger partial charge in [0.15, 0.2) is 5.16 Å². The van der Waals surface area contributed by atoms with Gasteiger partial charge >= 0.3 is 7.60 Å². The largest absolute Gasteiger partial charge is 0.350 e. The highest BCUT2D eigenvalue weighted by Gasteiger charge is 2.31. The third-order valence-corrected chi connectivity index (χ3v) is 7.23. The highest BCUT2D eigenvalue weighted by atomic mass is 32.2. The van der Waals surface area contributed by atoms with Crippen LogP contribution in [0.2, 0.25) is 0 Å². The van der Waals surface area contributed by atoms with E-state index in [1.54, 1.807) is 19.9 Å². The van der Waals surface area contributed by atoms with Crippen LogP contribution in [0.15, 0.2) is 59.8 Å². The van der Waals surface area contributed by atoms with E-state index in [0.29, 0.717) is 5.16 Å². The summed E-state index contributed by atoms with van der Waals surface area (Å²) in [6, 6.07) is 15.3. The van der Waals surface area contributed by atoms with Crippen molar-refractivity contribution in [2.75, 3.05) is 18.2 Å². The molecular weight excluding hydrogens is 459 g/mol. The molecule has 174 valence electrons. The lowest BCUT2D eigenvalue weighted by atomic mass is 10.2. The molecule has 3 N–H and O–H groups in total. The van der Waals surface area contributed by atoms with Crippen LogP contribution >= 0.6 is 19.4 Å². The van der Waals surface area contributed by atoms with Crippen LogP contribution in [0.25, 0.3) is 17.0 Å². The SMILES string of the molecule is CCOP(=O)(O)C(CC)NC(=O)/C=C/c1ccc(Nc2nc(SC)nc3ccccc23)cc1. The van der Waals surface area contributed by atoms with E-state index in [2.05, 4.69) is 20.6 Å². The van der Waals surface area contributed by atoms with Gasteiger partial charge in [0, 0.05) is 17.1 Å². The Hall–Kier alpha value is -2.71. The number of nitrogens with zero attached hydrogens (tertiary/aromatic N) is 2. The van der Waals surface area contributed by atoms with Gasteiger partial charge < -0.3 is 20.1 Å². The summed E-state index contributed by atoms with van der Waals surface area (Å²) in [6.45, 7) is 3.44. The Morgan fingerprint density at radius 3 is 2.58 bits per heavy atom. The average Bonchev–Trinajstić information content (AvgIpc) is 2.81. The monoisotopic (exact) mass is 486 g/mol. The summed E-state index contributed by atoms with van der Waals surface area (Å²) in [5, 5.41) is 7.49. The first-order valence-electron chi connectivity index (χ1n) is 10.5. The zero-order chi connectivity index (χ0) is 23.8. The van der Waals surface area contributed by atoms with Crippen molar-refractivity contribution in [1.82, 2.24) is 15.3 Å². The van der Waals surface area contributed by atoms with Gasteiger partial charge in [-0.05, 0) is 55.5 Å². The molecule has 2 atom stereocenters. The van der Waals surface area contributed by atoms with Crippen molar-refractivity contribution >= 4 is 53.7 Å². The number of nitrogens with one attached hydrogen (secondary N) is 2. The number of benzene rings is 2. The number of para-hydroxylation sites is 1. The van der Waals surface area contributed by atoms with Gasteiger partial charge in [0.1, 0.15) is 11.6 Å². The summed E-state index contributed by atoms with van der Waals surface area (Å²) in [6.07, 6.45) is 5.19. The average molecular weight is 487 g/mol. The molecule has 0 saturated heterocycles. The molecule has 0 radical (unpaired) electrons. The second-order valence-corrected chi connectivity index (χ2v) is 9.85. The topological polar surface area (TPSA) is 113 Å².